The molecule has 0 aromatic carbocycles. The number of aromatic nitrogens is 4. The molecule has 0 saturated heterocycles. The molecule has 0 radical (unpaired) electrons. The van der Waals surface area contributed by atoms with E-state index < -0.39 is 10.9 Å². The Morgan fingerprint density at radius 2 is 2.44 bits per heavy atom. The van der Waals surface area contributed by atoms with E-state index in [9.17, 15) is 10.1 Å². The van der Waals surface area contributed by atoms with Crippen molar-refractivity contribution in [2.24, 2.45) is 0 Å². The highest BCUT2D eigenvalue weighted by Gasteiger charge is 2.13. The summed E-state index contributed by atoms with van der Waals surface area (Å²) in [5.41, 5.74) is 0. The Kier molecular flexibility index (Phi) is 0.992. The third-order valence-corrected chi connectivity index (χ3v) is 0.556. The third-order valence-electron chi connectivity index (χ3n) is 0.556. The van der Waals surface area contributed by atoms with Crippen LogP contribution in [0.4, 0.5) is 5.95 Å². The van der Waals surface area contributed by atoms with E-state index in [4.69, 9.17) is 5.21 Å². The fourth-order valence-electron chi connectivity index (χ4n) is 0.273. The van der Waals surface area contributed by atoms with Crippen molar-refractivity contribution >= 4 is 5.95 Å². The summed E-state index contributed by atoms with van der Waals surface area (Å²) in [4.78, 5) is 8.89. The van der Waals surface area contributed by atoms with Crippen molar-refractivity contribution in [3.05, 3.63) is 10.1 Å². The Morgan fingerprint density at radius 1 is 1.78 bits per heavy atom. The Hall–Kier alpha value is -1.73. The second kappa shape index (κ2) is 1.65. The van der Waals surface area contributed by atoms with Gasteiger partial charge in [0.05, 0.1) is 20.4 Å². The van der Waals surface area contributed by atoms with Crippen LogP contribution in [0, 0.1) is 10.1 Å². The second-order valence-corrected chi connectivity index (χ2v) is 1.11. The van der Waals surface area contributed by atoms with E-state index in [2.05, 4.69) is 15.4 Å². The van der Waals surface area contributed by atoms with E-state index in [0.717, 1.165) is 0 Å². The van der Waals surface area contributed by atoms with Crippen molar-refractivity contribution in [1.29, 1.82) is 0 Å². The van der Waals surface area contributed by atoms with Gasteiger partial charge in [0.1, 0.15) is 0 Å². The Labute approximate surface area is 47.8 Å². The first-order valence-corrected chi connectivity index (χ1v) is 1.84. The number of nitro groups is 1. The van der Waals surface area contributed by atoms with Gasteiger partial charge >= 0.3 is 5.95 Å². The zero-order chi connectivity index (χ0) is 6.85. The van der Waals surface area contributed by atoms with Gasteiger partial charge in [-0.1, -0.05) is 0 Å². The first kappa shape index (κ1) is 5.41. The molecule has 0 aliphatic heterocycles. The van der Waals surface area contributed by atoms with Crippen LogP contribution in [0.3, 0.4) is 0 Å². The number of hydrogen-bond donors (Lipinski definition) is 1. The molecule has 1 aromatic heterocycles. The van der Waals surface area contributed by atoms with Gasteiger partial charge in [0.15, 0.2) is 0 Å². The molecule has 0 aliphatic rings. The smallest absolute Gasteiger partial charge is 0.390 e. The van der Waals surface area contributed by atoms with Crippen molar-refractivity contribution in [3.8, 4) is 0 Å². The molecule has 1 N–H and O–H groups in total. The third kappa shape index (κ3) is 0.900. The summed E-state index contributed by atoms with van der Waals surface area (Å²) in [5.74, 6) is -0.725. The standard InChI is InChI=1S/CHN5O3/c7-5(8)1-2-4-6(9)3-1/h9H. The van der Waals surface area contributed by atoms with Crippen LogP contribution in [-0.2, 0) is 0 Å². The molecule has 8 nitrogen and oxygen atoms in total. The average molecular weight is 131 g/mol. The minimum atomic E-state index is -0.861. The molecule has 1 rings (SSSR count). The SMILES string of the molecule is O=[N+]([O-])c1nnn(O)n1. The normalized spacial score (nSPS) is 9.33. The molecule has 1 heterocycles. The summed E-state index contributed by atoms with van der Waals surface area (Å²) >= 11 is 0. The number of tetrazole rings is 1. The van der Waals surface area contributed by atoms with Crippen LogP contribution in [0.2, 0.25) is 0 Å². The fourth-order valence-corrected chi connectivity index (χ4v) is 0.273. The molecular formula is CHN5O3. The fraction of sp³-hybridized carbons (Fsp3) is 0. The molecule has 0 bridgehead atoms. The summed E-state index contributed by atoms with van der Waals surface area (Å²) in [7, 11) is 0. The highest BCUT2D eigenvalue weighted by Crippen LogP contribution is 1.93. The van der Waals surface area contributed by atoms with Gasteiger partial charge in [-0.2, -0.15) is 0 Å². The molecule has 48 valence electrons. The van der Waals surface area contributed by atoms with Crippen molar-refractivity contribution < 1.29 is 10.1 Å². The zero-order valence-corrected chi connectivity index (χ0v) is 4.00. The van der Waals surface area contributed by atoms with Gasteiger partial charge in [-0.3, -0.25) is 0 Å². The molecule has 0 unspecified atom stereocenters. The van der Waals surface area contributed by atoms with E-state index in [1.54, 1.807) is 0 Å². The van der Waals surface area contributed by atoms with E-state index >= 15 is 0 Å². The monoisotopic (exact) mass is 131 g/mol. The summed E-state index contributed by atoms with van der Waals surface area (Å²) in [6.07, 6.45) is 0. The van der Waals surface area contributed by atoms with E-state index in [-0.39, 0.29) is 4.96 Å². The Morgan fingerprint density at radius 3 is 2.67 bits per heavy atom. The molecule has 1 aromatic rings. The Bertz CT molecular complexity index is 228. The van der Waals surface area contributed by atoms with Crippen LogP contribution in [-0.4, -0.2) is 30.5 Å². The van der Waals surface area contributed by atoms with Crippen molar-refractivity contribution in [2.75, 3.05) is 0 Å². The highest BCUT2D eigenvalue weighted by atomic mass is 16.6. The molecule has 0 spiro atoms. The van der Waals surface area contributed by atoms with Crippen LogP contribution in [0.25, 0.3) is 0 Å². The largest absolute Gasteiger partial charge is 0.517 e. The predicted octanol–water partition coefficient (Wildman–Crippen LogP) is -1.18. The molecule has 0 fully saturated rings. The van der Waals surface area contributed by atoms with Crippen LogP contribution < -0.4 is 0 Å². The maximum absolute atomic E-state index is 9.73. The number of hydrogen-bond acceptors (Lipinski definition) is 6. The van der Waals surface area contributed by atoms with Crippen LogP contribution in [0.15, 0.2) is 0 Å². The molecule has 0 amide bonds. The summed E-state index contributed by atoms with van der Waals surface area (Å²) in [6.45, 7) is 0. The highest BCUT2D eigenvalue weighted by molar-refractivity contribution is 4.91. The molecule has 0 atom stereocenters. The molecule has 9 heavy (non-hydrogen) atoms. The lowest BCUT2D eigenvalue weighted by molar-refractivity contribution is -0.394. The average Bonchev–Trinajstić information content (AvgIpc) is 2.14. The lowest BCUT2D eigenvalue weighted by Gasteiger charge is -1.79. The minimum Gasteiger partial charge on any atom is -0.390 e. The first-order chi connectivity index (χ1) is 4.20. The zero-order valence-electron chi connectivity index (χ0n) is 4.00. The van der Waals surface area contributed by atoms with Gasteiger partial charge in [0.25, 0.3) is 0 Å². The predicted molar refractivity (Wildman–Crippen MR) is 21.7 cm³/mol. The number of rotatable bonds is 1. The minimum absolute atomic E-state index is 0.0259. The lowest BCUT2D eigenvalue weighted by Crippen LogP contribution is -1.95. The summed E-state index contributed by atoms with van der Waals surface area (Å²) in [5, 5.41) is 26.5. The van der Waals surface area contributed by atoms with Gasteiger partial charge in [-0.25, -0.2) is 0 Å². The Balaban J connectivity index is 2.98. The van der Waals surface area contributed by atoms with E-state index in [1.807, 2.05) is 0 Å². The topological polar surface area (TPSA) is 107 Å². The van der Waals surface area contributed by atoms with Crippen LogP contribution >= 0.6 is 0 Å². The lowest BCUT2D eigenvalue weighted by atomic mass is 11.1. The van der Waals surface area contributed by atoms with Crippen LogP contribution in [0.1, 0.15) is 0 Å². The number of nitrogens with zero attached hydrogens (tertiary/aromatic N) is 5. The molecule has 0 saturated carbocycles. The maximum Gasteiger partial charge on any atom is 0.517 e. The maximum atomic E-state index is 9.73. The second-order valence-electron chi connectivity index (χ2n) is 1.11. The van der Waals surface area contributed by atoms with Gasteiger partial charge in [0.2, 0.25) is 0 Å². The van der Waals surface area contributed by atoms with E-state index in [0.29, 0.717) is 0 Å². The van der Waals surface area contributed by atoms with Crippen molar-refractivity contribution in [2.45, 2.75) is 0 Å². The van der Waals surface area contributed by atoms with Gasteiger partial charge in [-0.15, -0.1) is 0 Å². The van der Waals surface area contributed by atoms with Gasteiger partial charge < -0.3 is 15.3 Å². The molecular weight excluding hydrogens is 130 g/mol. The van der Waals surface area contributed by atoms with E-state index in [1.165, 1.54) is 0 Å². The van der Waals surface area contributed by atoms with Gasteiger partial charge in [-0.05, 0) is 4.92 Å². The first-order valence-electron chi connectivity index (χ1n) is 1.84. The van der Waals surface area contributed by atoms with Crippen molar-refractivity contribution in [3.63, 3.8) is 0 Å². The quantitative estimate of drug-likeness (QED) is 0.292. The summed E-state index contributed by atoms with van der Waals surface area (Å²) in [6, 6.07) is 0. The van der Waals surface area contributed by atoms with Gasteiger partial charge in [0, 0.05) is 0 Å². The molecule has 0 aliphatic carbocycles. The summed E-state index contributed by atoms with van der Waals surface area (Å²) < 4.78 is 0. The van der Waals surface area contributed by atoms with Crippen molar-refractivity contribution in [1.82, 2.24) is 20.4 Å². The molecule has 8 heteroatoms. The van der Waals surface area contributed by atoms with Crippen LogP contribution in [0.5, 0.6) is 0 Å².